The van der Waals surface area contributed by atoms with Crippen LogP contribution in [-0.4, -0.2) is 12.2 Å². The van der Waals surface area contributed by atoms with Crippen LogP contribution >= 0.6 is 22.6 Å². The van der Waals surface area contributed by atoms with Gasteiger partial charge in [-0.3, -0.25) is 0 Å². The molecule has 13 heavy (non-hydrogen) atoms. The van der Waals surface area contributed by atoms with E-state index in [2.05, 4.69) is 4.74 Å². The maximum Gasteiger partial charge on any atom is 0.166 e. The summed E-state index contributed by atoms with van der Waals surface area (Å²) in [4.78, 5) is 0. The lowest BCUT2D eigenvalue weighted by Gasteiger charge is -2.09. The summed E-state index contributed by atoms with van der Waals surface area (Å²) < 4.78 is 31.0. The van der Waals surface area contributed by atoms with Crippen LogP contribution in [0.3, 0.4) is 0 Å². The number of methoxy groups -OCH3 is 1. The Balaban J connectivity index is 3.41. The van der Waals surface area contributed by atoms with Crippen molar-refractivity contribution in [1.82, 2.24) is 0 Å². The second-order valence-electron chi connectivity index (χ2n) is 2.32. The van der Waals surface area contributed by atoms with E-state index in [0.717, 1.165) is 6.07 Å². The van der Waals surface area contributed by atoms with Crippen LogP contribution in [0.2, 0.25) is 0 Å². The van der Waals surface area contributed by atoms with Gasteiger partial charge in [-0.15, -0.1) is 0 Å². The zero-order valence-electron chi connectivity index (χ0n) is 6.77. The molecule has 0 atom stereocenters. The number of hydrogen-bond donors (Lipinski definition) is 1. The van der Waals surface area contributed by atoms with Crippen LogP contribution in [0.4, 0.5) is 8.78 Å². The quantitative estimate of drug-likeness (QED) is 0.669. The van der Waals surface area contributed by atoms with E-state index in [4.69, 9.17) is 5.11 Å². The third kappa shape index (κ3) is 1.91. The molecule has 0 heterocycles. The van der Waals surface area contributed by atoms with Crippen molar-refractivity contribution in [3.63, 3.8) is 0 Å². The minimum atomic E-state index is -0.669. The van der Waals surface area contributed by atoms with Crippen molar-refractivity contribution in [3.05, 3.63) is 26.8 Å². The van der Waals surface area contributed by atoms with E-state index in [0.29, 0.717) is 0 Å². The lowest BCUT2D eigenvalue weighted by molar-refractivity contribution is 0.263. The van der Waals surface area contributed by atoms with Crippen molar-refractivity contribution in [3.8, 4) is 5.75 Å². The molecule has 5 heteroatoms. The lowest BCUT2D eigenvalue weighted by Crippen LogP contribution is -2.01. The largest absolute Gasteiger partial charge is 0.493 e. The summed E-state index contributed by atoms with van der Waals surface area (Å²) in [6.07, 6.45) is 0. The molecule has 0 aliphatic heterocycles. The molecule has 1 N–H and O–H groups in total. The number of halogens is 3. The van der Waals surface area contributed by atoms with Crippen molar-refractivity contribution in [2.75, 3.05) is 7.11 Å². The van der Waals surface area contributed by atoms with E-state index in [1.54, 1.807) is 22.6 Å². The zero-order valence-corrected chi connectivity index (χ0v) is 8.93. The minimum absolute atomic E-state index is 0.125. The van der Waals surface area contributed by atoms with Gasteiger partial charge in [-0.25, -0.2) is 8.78 Å². The molecule has 2 nitrogen and oxygen atoms in total. The Morgan fingerprint density at radius 1 is 1.54 bits per heavy atom. The maximum atomic E-state index is 13.2. The van der Waals surface area contributed by atoms with Crippen LogP contribution in [0.5, 0.6) is 5.75 Å². The van der Waals surface area contributed by atoms with Crippen LogP contribution < -0.4 is 4.74 Å². The standard InChI is InChI=1S/C8H7F2IO2/c1-13-8-4(3-12)7(10)6(11)2-5(8)9/h2,12H,3H2,1H3. The number of aliphatic hydroxyl groups is 1. The summed E-state index contributed by atoms with van der Waals surface area (Å²) in [6.45, 7) is -0.581. The van der Waals surface area contributed by atoms with Crippen LogP contribution in [0, 0.1) is 15.2 Å². The second-order valence-corrected chi connectivity index (χ2v) is 3.49. The topological polar surface area (TPSA) is 29.5 Å². The predicted octanol–water partition coefficient (Wildman–Crippen LogP) is 2.07. The van der Waals surface area contributed by atoms with Gasteiger partial charge >= 0.3 is 0 Å². The highest BCUT2D eigenvalue weighted by Gasteiger charge is 2.16. The number of benzene rings is 1. The highest BCUT2D eigenvalue weighted by Crippen LogP contribution is 2.28. The zero-order chi connectivity index (χ0) is 10.0. The Morgan fingerprint density at radius 2 is 2.15 bits per heavy atom. The Labute approximate surface area is 87.7 Å². The molecule has 0 bridgehead atoms. The van der Waals surface area contributed by atoms with Crippen LogP contribution in [0.1, 0.15) is 5.56 Å². The molecule has 0 unspecified atom stereocenters. The van der Waals surface area contributed by atoms with E-state index < -0.39 is 18.2 Å². The van der Waals surface area contributed by atoms with Gasteiger partial charge in [0.1, 0.15) is 5.82 Å². The molecule has 0 aromatic heterocycles. The molecule has 0 spiro atoms. The fraction of sp³-hybridized carbons (Fsp3) is 0.250. The number of aliphatic hydroxyl groups excluding tert-OH is 1. The van der Waals surface area contributed by atoms with Gasteiger partial charge in [-0.1, -0.05) is 0 Å². The van der Waals surface area contributed by atoms with Crippen molar-refractivity contribution < 1.29 is 18.6 Å². The van der Waals surface area contributed by atoms with E-state index in [1.807, 2.05) is 0 Å². The van der Waals surface area contributed by atoms with Crippen molar-refractivity contribution >= 4 is 22.6 Å². The molecule has 0 saturated carbocycles. The highest BCUT2D eigenvalue weighted by atomic mass is 127. The molecule has 0 aliphatic rings. The monoisotopic (exact) mass is 300 g/mol. The summed E-state index contributed by atoms with van der Waals surface area (Å²) >= 11 is 1.65. The molecule has 1 aromatic carbocycles. The van der Waals surface area contributed by atoms with Gasteiger partial charge in [0.05, 0.1) is 22.9 Å². The number of rotatable bonds is 2. The molecule has 0 radical (unpaired) electrons. The predicted molar refractivity (Wildman–Crippen MR) is 51.5 cm³/mol. The molecule has 1 rings (SSSR count). The normalized spacial score (nSPS) is 10.2. The first kappa shape index (κ1) is 10.6. The minimum Gasteiger partial charge on any atom is -0.493 e. The Morgan fingerprint density at radius 3 is 2.62 bits per heavy atom. The van der Waals surface area contributed by atoms with Crippen molar-refractivity contribution in [1.29, 1.82) is 0 Å². The summed E-state index contributed by atoms with van der Waals surface area (Å²) in [7, 11) is 1.23. The van der Waals surface area contributed by atoms with Gasteiger partial charge in [0.2, 0.25) is 0 Å². The first-order valence-corrected chi connectivity index (χ1v) is 4.51. The molecule has 72 valence electrons. The average Bonchev–Trinajstić information content (AvgIpc) is 2.10. The van der Waals surface area contributed by atoms with Crippen LogP contribution in [0.15, 0.2) is 6.07 Å². The average molecular weight is 300 g/mol. The van der Waals surface area contributed by atoms with Gasteiger partial charge in [0, 0.05) is 0 Å². The van der Waals surface area contributed by atoms with Crippen molar-refractivity contribution in [2.24, 2.45) is 0 Å². The van der Waals surface area contributed by atoms with Gasteiger partial charge < -0.3 is 9.84 Å². The van der Waals surface area contributed by atoms with E-state index in [9.17, 15) is 8.78 Å². The van der Waals surface area contributed by atoms with Gasteiger partial charge in [-0.05, 0) is 28.7 Å². The van der Waals surface area contributed by atoms with Gasteiger partial charge in [0.15, 0.2) is 11.6 Å². The molecular weight excluding hydrogens is 293 g/mol. The van der Waals surface area contributed by atoms with E-state index >= 15 is 0 Å². The summed E-state index contributed by atoms with van der Waals surface area (Å²) in [5, 5.41) is 8.79. The molecular formula is C8H7F2IO2. The van der Waals surface area contributed by atoms with Crippen LogP contribution in [-0.2, 0) is 6.61 Å². The Bertz CT molecular complexity index is 328. The SMILES string of the molecule is COc1c(F)cc(I)c(F)c1CO. The fourth-order valence-corrected chi connectivity index (χ4v) is 1.59. The molecule has 0 saturated heterocycles. The highest BCUT2D eigenvalue weighted by molar-refractivity contribution is 14.1. The molecule has 0 fully saturated rings. The fourth-order valence-electron chi connectivity index (χ4n) is 0.990. The third-order valence-electron chi connectivity index (χ3n) is 1.58. The summed E-state index contributed by atoms with van der Waals surface area (Å²) in [6, 6.07) is 1.02. The molecule has 0 aliphatic carbocycles. The molecule has 1 aromatic rings. The Kier molecular flexibility index (Phi) is 3.43. The number of hydrogen-bond acceptors (Lipinski definition) is 2. The second kappa shape index (κ2) is 4.19. The van der Waals surface area contributed by atoms with Gasteiger partial charge in [0.25, 0.3) is 0 Å². The van der Waals surface area contributed by atoms with E-state index in [-0.39, 0.29) is 14.9 Å². The smallest absolute Gasteiger partial charge is 0.166 e. The first-order chi connectivity index (χ1) is 6.11. The third-order valence-corrected chi connectivity index (χ3v) is 2.37. The Hall–Kier alpha value is -0.430. The summed E-state index contributed by atoms with van der Waals surface area (Å²) in [5.74, 6) is -1.54. The van der Waals surface area contributed by atoms with Crippen molar-refractivity contribution in [2.45, 2.75) is 6.61 Å². The number of ether oxygens (including phenoxy) is 1. The lowest BCUT2D eigenvalue weighted by atomic mass is 10.2. The van der Waals surface area contributed by atoms with E-state index in [1.165, 1.54) is 7.11 Å². The van der Waals surface area contributed by atoms with Gasteiger partial charge in [-0.2, -0.15) is 0 Å². The first-order valence-electron chi connectivity index (χ1n) is 3.43. The van der Waals surface area contributed by atoms with Crippen LogP contribution in [0.25, 0.3) is 0 Å². The molecule has 0 amide bonds. The summed E-state index contributed by atoms with van der Waals surface area (Å²) in [5.41, 5.74) is -0.146. The maximum absolute atomic E-state index is 13.2.